The lowest BCUT2D eigenvalue weighted by Gasteiger charge is -2.10. The van der Waals surface area contributed by atoms with Crippen molar-refractivity contribution in [2.75, 3.05) is 6.54 Å². The van der Waals surface area contributed by atoms with Gasteiger partial charge in [-0.2, -0.15) is 0 Å². The molecule has 0 aliphatic heterocycles. The molecule has 0 aromatic heterocycles. The van der Waals surface area contributed by atoms with Crippen LogP contribution in [0.25, 0.3) is 0 Å². The molecule has 1 rings (SSSR count). The summed E-state index contributed by atoms with van der Waals surface area (Å²) in [6.45, 7) is 2.54. The Kier molecular flexibility index (Phi) is 4.80. The van der Waals surface area contributed by atoms with E-state index in [-0.39, 0.29) is 12.0 Å². The highest BCUT2D eigenvalue weighted by Gasteiger charge is 2.12. The first-order valence-corrected chi connectivity index (χ1v) is 5.38. The zero-order chi connectivity index (χ0) is 12.1. The van der Waals surface area contributed by atoms with Crippen molar-refractivity contribution in [3.8, 4) is 0 Å². The third-order valence-electron chi connectivity index (χ3n) is 2.65. The first-order valence-electron chi connectivity index (χ1n) is 5.38. The summed E-state index contributed by atoms with van der Waals surface area (Å²) >= 11 is 0. The van der Waals surface area contributed by atoms with Gasteiger partial charge >= 0.3 is 0 Å². The molecule has 1 nitrogen and oxygen atoms in total. The minimum Gasteiger partial charge on any atom is -0.330 e. The van der Waals surface area contributed by atoms with Crippen LogP contribution in [0.2, 0.25) is 0 Å². The average molecular weight is 231 g/mol. The lowest BCUT2D eigenvalue weighted by molar-refractivity contribution is 0.472. The van der Waals surface area contributed by atoms with Gasteiger partial charge in [-0.15, -0.1) is 0 Å². The molecule has 90 valence electrons. The van der Waals surface area contributed by atoms with Crippen molar-refractivity contribution in [1.82, 2.24) is 0 Å². The highest BCUT2D eigenvalue weighted by Crippen LogP contribution is 2.19. The van der Waals surface area contributed by atoms with E-state index in [1.165, 1.54) is 0 Å². The topological polar surface area (TPSA) is 26.0 Å². The quantitative estimate of drug-likeness (QED) is 0.828. The standard InChI is InChI=1S/C12H16F3N/c1-8(4-5-16)2-3-10-11(14)6-9(13)7-12(10)15/h6-8H,2-5,16H2,1H3. The summed E-state index contributed by atoms with van der Waals surface area (Å²) in [7, 11) is 0. The average Bonchev–Trinajstić information content (AvgIpc) is 2.16. The number of rotatable bonds is 5. The van der Waals surface area contributed by atoms with Crippen LogP contribution in [0.5, 0.6) is 0 Å². The van der Waals surface area contributed by atoms with E-state index in [0.29, 0.717) is 31.0 Å². The highest BCUT2D eigenvalue weighted by atomic mass is 19.1. The summed E-state index contributed by atoms with van der Waals surface area (Å²) in [6.07, 6.45) is 1.75. The molecule has 1 atom stereocenters. The molecule has 4 heteroatoms. The Bertz CT molecular complexity index is 329. The van der Waals surface area contributed by atoms with E-state index in [4.69, 9.17) is 5.73 Å². The lowest BCUT2D eigenvalue weighted by atomic mass is 9.98. The Morgan fingerprint density at radius 2 is 1.69 bits per heavy atom. The number of nitrogens with two attached hydrogens (primary N) is 1. The van der Waals surface area contributed by atoms with E-state index in [9.17, 15) is 13.2 Å². The lowest BCUT2D eigenvalue weighted by Crippen LogP contribution is -2.08. The van der Waals surface area contributed by atoms with Crippen LogP contribution in [-0.4, -0.2) is 6.54 Å². The van der Waals surface area contributed by atoms with Crippen molar-refractivity contribution in [3.63, 3.8) is 0 Å². The molecule has 0 radical (unpaired) electrons. The van der Waals surface area contributed by atoms with Crippen LogP contribution in [0.1, 0.15) is 25.3 Å². The van der Waals surface area contributed by atoms with Crippen molar-refractivity contribution in [3.05, 3.63) is 35.1 Å². The predicted molar refractivity (Wildman–Crippen MR) is 57.5 cm³/mol. The van der Waals surface area contributed by atoms with E-state index in [2.05, 4.69) is 0 Å². The smallest absolute Gasteiger partial charge is 0.132 e. The second-order valence-corrected chi connectivity index (χ2v) is 4.07. The minimum absolute atomic E-state index is 0.0368. The molecule has 1 aromatic carbocycles. The Morgan fingerprint density at radius 3 is 2.19 bits per heavy atom. The van der Waals surface area contributed by atoms with Crippen molar-refractivity contribution >= 4 is 0 Å². The van der Waals surface area contributed by atoms with Crippen LogP contribution in [0, 0.1) is 23.4 Å². The molecule has 1 aromatic rings. The molecule has 0 amide bonds. The molecule has 0 aliphatic carbocycles. The maximum atomic E-state index is 13.2. The molecular weight excluding hydrogens is 215 g/mol. The van der Waals surface area contributed by atoms with E-state index in [0.717, 1.165) is 6.42 Å². The van der Waals surface area contributed by atoms with Gasteiger partial charge in [-0.1, -0.05) is 6.92 Å². The minimum atomic E-state index is -0.881. The number of hydrogen-bond donors (Lipinski definition) is 1. The Labute approximate surface area is 93.5 Å². The first-order chi connectivity index (χ1) is 7.54. The Balaban J connectivity index is 2.67. The van der Waals surface area contributed by atoms with Crippen LogP contribution in [0.15, 0.2) is 12.1 Å². The van der Waals surface area contributed by atoms with Gasteiger partial charge in [0.1, 0.15) is 17.5 Å². The van der Waals surface area contributed by atoms with Gasteiger partial charge in [-0.25, -0.2) is 13.2 Å². The fourth-order valence-electron chi connectivity index (χ4n) is 1.63. The second kappa shape index (κ2) is 5.89. The van der Waals surface area contributed by atoms with E-state index in [1.54, 1.807) is 0 Å². The van der Waals surface area contributed by atoms with Gasteiger partial charge in [0.25, 0.3) is 0 Å². The van der Waals surface area contributed by atoms with Crippen molar-refractivity contribution in [1.29, 1.82) is 0 Å². The summed E-state index contributed by atoms with van der Waals surface area (Å²) in [5.41, 5.74) is 5.34. The Morgan fingerprint density at radius 1 is 1.12 bits per heavy atom. The van der Waals surface area contributed by atoms with Gasteiger partial charge in [0.05, 0.1) is 0 Å². The largest absolute Gasteiger partial charge is 0.330 e. The highest BCUT2D eigenvalue weighted by molar-refractivity contribution is 5.20. The fourth-order valence-corrected chi connectivity index (χ4v) is 1.63. The van der Waals surface area contributed by atoms with Crippen molar-refractivity contribution in [2.24, 2.45) is 11.7 Å². The molecular formula is C12H16F3N. The predicted octanol–water partition coefficient (Wildman–Crippen LogP) is 3.02. The summed E-state index contributed by atoms with van der Waals surface area (Å²) in [5, 5.41) is 0. The zero-order valence-corrected chi connectivity index (χ0v) is 9.27. The zero-order valence-electron chi connectivity index (χ0n) is 9.27. The van der Waals surface area contributed by atoms with Gasteiger partial charge in [0.2, 0.25) is 0 Å². The normalized spacial score (nSPS) is 12.8. The molecule has 16 heavy (non-hydrogen) atoms. The van der Waals surface area contributed by atoms with Gasteiger partial charge in [0, 0.05) is 17.7 Å². The third kappa shape index (κ3) is 3.52. The molecule has 0 bridgehead atoms. The third-order valence-corrected chi connectivity index (χ3v) is 2.65. The molecule has 0 saturated heterocycles. The van der Waals surface area contributed by atoms with Crippen LogP contribution in [0.3, 0.4) is 0 Å². The van der Waals surface area contributed by atoms with Gasteiger partial charge < -0.3 is 5.73 Å². The SMILES string of the molecule is CC(CCN)CCc1c(F)cc(F)cc1F. The van der Waals surface area contributed by atoms with Crippen LogP contribution in [0.4, 0.5) is 13.2 Å². The summed E-state index contributed by atoms with van der Waals surface area (Å²) in [6, 6.07) is 1.43. The van der Waals surface area contributed by atoms with Crippen LogP contribution >= 0.6 is 0 Å². The number of hydrogen-bond acceptors (Lipinski definition) is 1. The van der Waals surface area contributed by atoms with E-state index >= 15 is 0 Å². The second-order valence-electron chi connectivity index (χ2n) is 4.07. The van der Waals surface area contributed by atoms with Crippen molar-refractivity contribution in [2.45, 2.75) is 26.2 Å². The van der Waals surface area contributed by atoms with Gasteiger partial charge in [-0.3, -0.25) is 0 Å². The first kappa shape index (κ1) is 13.0. The molecule has 0 saturated carbocycles. The maximum absolute atomic E-state index is 13.2. The molecule has 2 N–H and O–H groups in total. The van der Waals surface area contributed by atoms with Crippen LogP contribution < -0.4 is 5.73 Å². The van der Waals surface area contributed by atoms with E-state index in [1.807, 2.05) is 6.92 Å². The number of halogens is 3. The molecule has 1 unspecified atom stereocenters. The summed E-state index contributed by atoms with van der Waals surface area (Å²) < 4.78 is 39.1. The number of benzene rings is 1. The molecule has 0 fully saturated rings. The van der Waals surface area contributed by atoms with E-state index < -0.39 is 17.5 Å². The van der Waals surface area contributed by atoms with Gasteiger partial charge in [0.15, 0.2) is 0 Å². The summed E-state index contributed by atoms with van der Waals surface area (Å²) in [4.78, 5) is 0. The Hall–Kier alpha value is -1.03. The van der Waals surface area contributed by atoms with Gasteiger partial charge in [-0.05, 0) is 31.7 Å². The molecule has 0 heterocycles. The molecule has 0 aliphatic rings. The van der Waals surface area contributed by atoms with Crippen LogP contribution in [-0.2, 0) is 6.42 Å². The monoisotopic (exact) mass is 231 g/mol. The fraction of sp³-hybridized carbons (Fsp3) is 0.500. The van der Waals surface area contributed by atoms with Crippen molar-refractivity contribution < 1.29 is 13.2 Å². The maximum Gasteiger partial charge on any atom is 0.132 e. The summed E-state index contributed by atoms with van der Waals surface area (Å²) in [5.74, 6) is -2.18. The molecule has 0 spiro atoms.